The second-order valence-corrected chi connectivity index (χ2v) is 7.83. The van der Waals surface area contributed by atoms with Gasteiger partial charge in [0.15, 0.2) is 0 Å². The molecule has 2 aromatic carbocycles. The predicted molar refractivity (Wildman–Crippen MR) is 116 cm³/mol. The van der Waals surface area contributed by atoms with E-state index < -0.39 is 30.1 Å². The number of hydrogen-bond donors (Lipinski definition) is 3. The second-order valence-electron chi connectivity index (χ2n) is 6.51. The van der Waals surface area contributed by atoms with Crippen LogP contribution in [0.1, 0.15) is 18.1 Å². The summed E-state index contributed by atoms with van der Waals surface area (Å²) < 4.78 is 5.21. The summed E-state index contributed by atoms with van der Waals surface area (Å²) in [4.78, 5) is 36.5. The van der Waals surface area contributed by atoms with Crippen LogP contribution in [0, 0.1) is 0 Å². The molecule has 160 valence electrons. The average Bonchev–Trinajstić information content (AvgIpc) is 2.76. The molecule has 0 aliphatic carbocycles. The first-order chi connectivity index (χ1) is 14.5. The maximum absolute atomic E-state index is 12.8. The van der Waals surface area contributed by atoms with Crippen molar-refractivity contribution in [2.75, 3.05) is 11.5 Å². The molecule has 3 N–H and O–H groups in total. The Morgan fingerprint density at radius 3 is 2.10 bits per heavy atom. The van der Waals surface area contributed by atoms with Crippen LogP contribution in [-0.2, 0) is 27.4 Å². The van der Waals surface area contributed by atoms with Gasteiger partial charge in [0.05, 0.1) is 0 Å². The lowest BCUT2D eigenvalue weighted by Gasteiger charge is -2.21. The third-order valence-electron chi connectivity index (χ3n) is 4.21. The van der Waals surface area contributed by atoms with Crippen LogP contribution in [-0.4, -0.2) is 46.7 Å². The molecule has 0 spiro atoms. The molecule has 7 nitrogen and oxygen atoms in total. The lowest BCUT2D eigenvalue weighted by Crippen LogP contribution is -2.53. The molecule has 0 saturated heterocycles. The average molecular weight is 431 g/mol. The number of rotatable bonds is 11. The van der Waals surface area contributed by atoms with Crippen molar-refractivity contribution in [3.8, 4) is 0 Å². The first-order valence-electron chi connectivity index (χ1n) is 9.61. The molecule has 30 heavy (non-hydrogen) atoms. The van der Waals surface area contributed by atoms with Crippen molar-refractivity contribution in [1.82, 2.24) is 10.6 Å². The van der Waals surface area contributed by atoms with E-state index >= 15 is 0 Å². The lowest BCUT2D eigenvalue weighted by atomic mass is 10.1. The van der Waals surface area contributed by atoms with Crippen LogP contribution in [0.2, 0.25) is 0 Å². The zero-order valence-corrected chi connectivity index (χ0v) is 17.6. The van der Waals surface area contributed by atoms with E-state index in [4.69, 9.17) is 4.74 Å². The number of carbonyl (C=O) groups is 3. The minimum Gasteiger partial charge on any atom is -0.480 e. The number of thioether (sulfide) groups is 1. The van der Waals surface area contributed by atoms with Gasteiger partial charge >= 0.3 is 12.1 Å². The Kier molecular flexibility index (Phi) is 9.73. The summed E-state index contributed by atoms with van der Waals surface area (Å²) in [7, 11) is 0. The molecule has 0 aliphatic heterocycles. The molecule has 0 fully saturated rings. The molecule has 0 bridgehead atoms. The molecule has 2 aromatic rings. The largest absolute Gasteiger partial charge is 0.480 e. The molecule has 8 heteroatoms. The lowest BCUT2D eigenvalue weighted by molar-refractivity contribution is -0.141. The summed E-state index contributed by atoms with van der Waals surface area (Å²) >= 11 is 1.41. The maximum atomic E-state index is 12.8. The number of nitrogens with one attached hydrogen (secondary N) is 2. The van der Waals surface area contributed by atoms with Crippen molar-refractivity contribution >= 4 is 29.7 Å². The Bertz CT molecular complexity index is 817. The highest BCUT2D eigenvalue weighted by Gasteiger charge is 2.27. The van der Waals surface area contributed by atoms with Gasteiger partial charge in [-0.05, 0) is 16.9 Å². The van der Waals surface area contributed by atoms with E-state index in [2.05, 4.69) is 10.6 Å². The summed E-state index contributed by atoms with van der Waals surface area (Å²) in [5.74, 6) is -0.709. The molecular formula is C22H26N2O5S. The highest BCUT2D eigenvalue weighted by Crippen LogP contribution is 2.07. The zero-order chi connectivity index (χ0) is 21.8. The molecule has 0 saturated carbocycles. The number of carboxylic acid groups (broad SMARTS) is 1. The number of benzene rings is 2. The summed E-state index contributed by atoms with van der Waals surface area (Å²) in [5.41, 5.74) is 1.65. The number of hydrogen-bond acceptors (Lipinski definition) is 5. The molecule has 0 aromatic heterocycles. The fourth-order valence-electron chi connectivity index (χ4n) is 2.65. The molecule has 2 atom stereocenters. The van der Waals surface area contributed by atoms with Crippen molar-refractivity contribution < 1.29 is 24.2 Å². The van der Waals surface area contributed by atoms with E-state index in [9.17, 15) is 19.5 Å². The van der Waals surface area contributed by atoms with Crippen molar-refractivity contribution in [2.45, 2.75) is 32.0 Å². The van der Waals surface area contributed by atoms with E-state index in [0.29, 0.717) is 0 Å². The molecule has 0 radical (unpaired) electrons. The summed E-state index contributed by atoms with van der Waals surface area (Å²) in [6, 6.07) is 16.3. The van der Waals surface area contributed by atoms with Crippen LogP contribution >= 0.6 is 11.8 Å². The zero-order valence-electron chi connectivity index (χ0n) is 16.7. The van der Waals surface area contributed by atoms with Crippen molar-refractivity contribution in [3.63, 3.8) is 0 Å². The smallest absolute Gasteiger partial charge is 0.408 e. The number of alkyl carbamates (subject to hydrolysis) is 1. The molecule has 0 heterocycles. The topological polar surface area (TPSA) is 105 Å². The van der Waals surface area contributed by atoms with Gasteiger partial charge in [-0.15, -0.1) is 0 Å². The number of carbonyl (C=O) groups excluding carboxylic acids is 2. The first-order valence-corrected chi connectivity index (χ1v) is 10.8. The monoisotopic (exact) mass is 430 g/mol. The van der Waals surface area contributed by atoms with E-state index in [1.54, 1.807) is 0 Å². The fraction of sp³-hybridized carbons (Fsp3) is 0.318. The third kappa shape index (κ3) is 8.16. The molecular weight excluding hydrogens is 404 g/mol. The van der Waals surface area contributed by atoms with Gasteiger partial charge in [-0.2, -0.15) is 11.8 Å². The SMILES string of the molecule is CCSCC(NC(=O)C(Cc1ccccc1)NC(=O)OCc1ccccc1)C(=O)O. The third-order valence-corrected chi connectivity index (χ3v) is 5.18. The first kappa shape index (κ1) is 23.3. The van der Waals surface area contributed by atoms with Gasteiger partial charge in [0, 0.05) is 12.2 Å². The standard InChI is InChI=1S/C22H26N2O5S/c1-2-30-15-19(21(26)27)23-20(25)18(13-16-9-5-3-6-10-16)24-22(28)29-14-17-11-7-4-8-12-17/h3-12,18-19H,2,13-15H2,1H3,(H,23,25)(H,24,28)(H,26,27). The van der Waals surface area contributed by atoms with Gasteiger partial charge in [0.2, 0.25) is 5.91 Å². The van der Waals surface area contributed by atoms with Crippen LogP contribution in [0.4, 0.5) is 4.79 Å². The van der Waals surface area contributed by atoms with Gasteiger partial charge in [-0.25, -0.2) is 9.59 Å². The molecule has 2 rings (SSSR count). The normalized spacial score (nSPS) is 12.4. The highest BCUT2D eigenvalue weighted by molar-refractivity contribution is 7.99. The number of amides is 2. The van der Waals surface area contributed by atoms with Crippen LogP contribution in [0.3, 0.4) is 0 Å². The van der Waals surface area contributed by atoms with Crippen molar-refractivity contribution in [3.05, 3.63) is 71.8 Å². The van der Waals surface area contributed by atoms with Gasteiger partial charge < -0.3 is 20.5 Å². The second kappa shape index (κ2) is 12.5. The predicted octanol–water partition coefficient (Wildman–Crippen LogP) is 2.85. The van der Waals surface area contributed by atoms with E-state index in [-0.39, 0.29) is 18.8 Å². The van der Waals surface area contributed by atoms with Gasteiger partial charge in [-0.3, -0.25) is 4.79 Å². The van der Waals surface area contributed by atoms with Crippen LogP contribution in [0.25, 0.3) is 0 Å². The van der Waals surface area contributed by atoms with Crippen molar-refractivity contribution in [2.24, 2.45) is 0 Å². The fourth-order valence-corrected chi connectivity index (χ4v) is 3.35. The Hall–Kier alpha value is -3.00. The Morgan fingerprint density at radius 2 is 1.53 bits per heavy atom. The Labute approximate surface area is 180 Å². The molecule has 2 amide bonds. The van der Waals surface area contributed by atoms with Gasteiger partial charge in [-0.1, -0.05) is 67.6 Å². The molecule has 2 unspecified atom stereocenters. The Balaban J connectivity index is 2.04. The minimum atomic E-state index is -1.12. The quantitative estimate of drug-likeness (QED) is 0.506. The van der Waals surface area contributed by atoms with Crippen LogP contribution in [0.15, 0.2) is 60.7 Å². The van der Waals surface area contributed by atoms with E-state index in [1.807, 2.05) is 67.6 Å². The summed E-state index contributed by atoms with van der Waals surface area (Å²) in [6.07, 6.45) is -0.537. The van der Waals surface area contributed by atoms with Crippen LogP contribution in [0.5, 0.6) is 0 Å². The maximum Gasteiger partial charge on any atom is 0.408 e. The van der Waals surface area contributed by atoms with E-state index in [1.165, 1.54) is 11.8 Å². The highest BCUT2D eigenvalue weighted by atomic mass is 32.2. The van der Waals surface area contributed by atoms with Gasteiger partial charge in [0.25, 0.3) is 0 Å². The molecule has 0 aliphatic rings. The minimum absolute atomic E-state index is 0.0667. The number of ether oxygens (including phenoxy) is 1. The summed E-state index contributed by atoms with van der Waals surface area (Å²) in [5, 5.41) is 14.5. The summed E-state index contributed by atoms with van der Waals surface area (Å²) in [6.45, 7) is 1.98. The van der Waals surface area contributed by atoms with E-state index in [0.717, 1.165) is 16.9 Å². The number of aliphatic carboxylic acids is 1. The van der Waals surface area contributed by atoms with Crippen LogP contribution < -0.4 is 10.6 Å². The van der Waals surface area contributed by atoms with Gasteiger partial charge in [0.1, 0.15) is 18.7 Å². The van der Waals surface area contributed by atoms with Crippen molar-refractivity contribution in [1.29, 1.82) is 0 Å². The number of carboxylic acids is 1. The Morgan fingerprint density at radius 1 is 0.933 bits per heavy atom.